The van der Waals surface area contributed by atoms with Crippen LogP contribution in [-0.4, -0.2) is 37.1 Å². The minimum absolute atomic E-state index is 0.00519. The first-order chi connectivity index (χ1) is 15.9. The summed E-state index contributed by atoms with van der Waals surface area (Å²) in [4.78, 5) is 15.5. The molecule has 2 aromatic rings. The van der Waals surface area contributed by atoms with Gasteiger partial charge in [-0.25, -0.2) is 0 Å². The Labute approximate surface area is 199 Å². The molecule has 0 unspecified atom stereocenters. The van der Waals surface area contributed by atoms with E-state index in [0.29, 0.717) is 17.7 Å². The summed E-state index contributed by atoms with van der Waals surface area (Å²) in [6.07, 6.45) is 6.67. The van der Waals surface area contributed by atoms with E-state index in [1.54, 1.807) is 7.11 Å². The van der Waals surface area contributed by atoms with Gasteiger partial charge in [0.25, 0.3) is 0 Å². The lowest BCUT2D eigenvalue weighted by atomic mass is 9.80. The molecular formula is C29H39NO3. The number of hydrogen-bond acceptors (Lipinski definition) is 3. The summed E-state index contributed by atoms with van der Waals surface area (Å²) < 4.78 is 12.0. The van der Waals surface area contributed by atoms with Crippen LogP contribution in [0.5, 0.6) is 11.5 Å². The van der Waals surface area contributed by atoms with Gasteiger partial charge in [0.2, 0.25) is 5.91 Å². The molecule has 4 rings (SSSR count). The normalized spacial score (nSPS) is 21.6. The van der Waals surface area contributed by atoms with Gasteiger partial charge in [-0.2, -0.15) is 0 Å². The van der Waals surface area contributed by atoms with Crippen molar-refractivity contribution in [3.63, 3.8) is 0 Å². The minimum Gasteiger partial charge on any atom is -0.493 e. The monoisotopic (exact) mass is 449 g/mol. The van der Waals surface area contributed by atoms with Crippen LogP contribution in [0.1, 0.15) is 68.6 Å². The Hall–Kier alpha value is -2.49. The van der Waals surface area contributed by atoms with E-state index in [0.717, 1.165) is 50.3 Å². The maximum Gasteiger partial charge on any atom is 0.226 e. The van der Waals surface area contributed by atoms with Gasteiger partial charge in [-0.05, 0) is 74.6 Å². The second-order valence-electron chi connectivity index (χ2n) is 10.4. The number of likely N-dealkylation sites (tertiary alicyclic amines) is 1. The van der Waals surface area contributed by atoms with Crippen LogP contribution in [0.3, 0.4) is 0 Å². The molecule has 1 amide bonds. The number of hydrogen-bond donors (Lipinski definition) is 0. The second kappa shape index (κ2) is 10.6. The predicted octanol–water partition coefficient (Wildman–Crippen LogP) is 6.16. The van der Waals surface area contributed by atoms with Crippen molar-refractivity contribution in [2.24, 2.45) is 11.8 Å². The summed E-state index contributed by atoms with van der Waals surface area (Å²) >= 11 is 0. The van der Waals surface area contributed by atoms with Gasteiger partial charge >= 0.3 is 0 Å². The van der Waals surface area contributed by atoms with Crippen LogP contribution < -0.4 is 9.47 Å². The zero-order valence-electron chi connectivity index (χ0n) is 20.7. The molecule has 0 bridgehead atoms. The fourth-order valence-electron chi connectivity index (χ4n) is 5.50. The number of piperidine rings is 1. The molecule has 1 aliphatic carbocycles. The molecule has 0 spiro atoms. The van der Waals surface area contributed by atoms with Gasteiger partial charge in [0.05, 0.1) is 13.2 Å². The van der Waals surface area contributed by atoms with Gasteiger partial charge in [-0.3, -0.25) is 4.79 Å². The van der Waals surface area contributed by atoms with Crippen LogP contribution in [0.25, 0.3) is 0 Å². The average Bonchev–Trinajstić information content (AvgIpc) is 3.29. The molecule has 2 atom stereocenters. The molecule has 2 aliphatic rings. The van der Waals surface area contributed by atoms with E-state index in [-0.39, 0.29) is 12.0 Å². The molecule has 1 aliphatic heterocycles. The van der Waals surface area contributed by atoms with Crippen LogP contribution in [0.15, 0.2) is 42.5 Å². The summed E-state index contributed by atoms with van der Waals surface area (Å²) in [5.74, 6) is 2.71. The van der Waals surface area contributed by atoms with Gasteiger partial charge in [-0.15, -0.1) is 0 Å². The average molecular weight is 450 g/mol. The first-order valence-electron chi connectivity index (χ1n) is 12.6. The minimum atomic E-state index is 0.00519. The number of nitrogens with zero attached hydrogens (tertiary/aromatic N) is 1. The highest BCUT2D eigenvalue weighted by Crippen LogP contribution is 2.38. The van der Waals surface area contributed by atoms with Gasteiger partial charge in [-0.1, -0.05) is 49.7 Å². The van der Waals surface area contributed by atoms with E-state index in [1.165, 1.54) is 29.5 Å². The van der Waals surface area contributed by atoms with Crippen molar-refractivity contribution in [3.8, 4) is 11.5 Å². The lowest BCUT2D eigenvalue weighted by Crippen LogP contribution is -2.46. The number of ether oxygens (including phenoxy) is 2. The third kappa shape index (κ3) is 5.90. The zero-order chi connectivity index (χ0) is 23.4. The smallest absolute Gasteiger partial charge is 0.226 e. The fraction of sp³-hybridized carbons (Fsp3) is 0.552. The van der Waals surface area contributed by atoms with Crippen LogP contribution in [-0.2, 0) is 11.2 Å². The lowest BCUT2D eigenvalue weighted by Gasteiger charge is -2.39. The van der Waals surface area contributed by atoms with Crippen molar-refractivity contribution < 1.29 is 14.3 Å². The number of carbonyl (C=O) groups is 1. The molecule has 4 heteroatoms. The summed E-state index contributed by atoms with van der Waals surface area (Å²) in [6, 6.07) is 15.0. The number of methoxy groups -OCH3 is 1. The van der Waals surface area contributed by atoms with Gasteiger partial charge < -0.3 is 14.4 Å². The van der Waals surface area contributed by atoms with Crippen molar-refractivity contribution in [3.05, 3.63) is 59.2 Å². The standard InChI is InChI=1S/C29H39NO3/c1-20(2)18-30-19-25(16-24(29(30)31)15-22-9-7-8-21(3)14-22)23-12-13-27(32-4)28(17-23)33-26-10-5-6-11-26/h7-9,12-14,17,20,24-26H,5-6,10-11,15-16,18-19H2,1-4H3/t24-,25+/m0/s1. The second-order valence-corrected chi connectivity index (χ2v) is 10.4. The van der Waals surface area contributed by atoms with Crippen molar-refractivity contribution in [1.82, 2.24) is 4.90 Å². The molecule has 33 heavy (non-hydrogen) atoms. The Kier molecular flexibility index (Phi) is 7.62. The van der Waals surface area contributed by atoms with E-state index in [1.807, 2.05) is 6.07 Å². The molecular weight excluding hydrogens is 410 g/mol. The third-order valence-corrected chi connectivity index (χ3v) is 7.08. The topological polar surface area (TPSA) is 38.8 Å². The lowest BCUT2D eigenvalue weighted by molar-refractivity contribution is -0.139. The molecule has 1 heterocycles. The quantitative estimate of drug-likeness (QED) is 0.485. The fourth-order valence-corrected chi connectivity index (χ4v) is 5.50. The molecule has 1 saturated heterocycles. The predicted molar refractivity (Wildman–Crippen MR) is 133 cm³/mol. The SMILES string of the molecule is COc1ccc([C@@H]2C[C@H](Cc3cccc(C)c3)C(=O)N(CC(C)C)C2)cc1OC1CCCC1. The van der Waals surface area contributed by atoms with Crippen LogP contribution in [0.4, 0.5) is 0 Å². The van der Waals surface area contributed by atoms with Crippen LogP contribution in [0, 0.1) is 18.8 Å². The number of rotatable bonds is 8. The number of aryl methyl sites for hydroxylation is 1. The van der Waals surface area contributed by atoms with Gasteiger partial charge in [0, 0.05) is 24.9 Å². The maximum atomic E-state index is 13.4. The van der Waals surface area contributed by atoms with E-state index in [9.17, 15) is 4.79 Å². The first-order valence-corrected chi connectivity index (χ1v) is 12.6. The van der Waals surface area contributed by atoms with Gasteiger partial charge in [0.1, 0.15) is 0 Å². The molecule has 0 aromatic heterocycles. The maximum absolute atomic E-state index is 13.4. The van der Waals surface area contributed by atoms with Crippen molar-refractivity contribution in [2.45, 2.75) is 71.3 Å². The molecule has 2 fully saturated rings. The largest absolute Gasteiger partial charge is 0.493 e. The third-order valence-electron chi connectivity index (χ3n) is 7.08. The summed E-state index contributed by atoms with van der Waals surface area (Å²) in [6.45, 7) is 8.07. The first kappa shape index (κ1) is 23.7. The Morgan fingerprint density at radius 1 is 1.06 bits per heavy atom. The highest BCUT2D eigenvalue weighted by molar-refractivity contribution is 5.80. The molecule has 2 aromatic carbocycles. The van der Waals surface area contributed by atoms with Gasteiger partial charge in [0.15, 0.2) is 11.5 Å². The molecule has 4 nitrogen and oxygen atoms in total. The highest BCUT2D eigenvalue weighted by atomic mass is 16.5. The Morgan fingerprint density at radius 3 is 2.55 bits per heavy atom. The van der Waals surface area contributed by atoms with E-state index in [2.05, 4.69) is 62.1 Å². The van der Waals surface area contributed by atoms with E-state index in [4.69, 9.17) is 9.47 Å². The Morgan fingerprint density at radius 2 is 1.85 bits per heavy atom. The van der Waals surface area contributed by atoms with Crippen molar-refractivity contribution in [1.29, 1.82) is 0 Å². The number of amides is 1. The van der Waals surface area contributed by atoms with Crippen LogP contribution >= 0.6 is 0 Å². The van der Waals surface area contributed by atoms with E-state index < -0.39 is 0 Å². The summed E-state index contributed by atoms with van der Waals surface area (Å²) in [5, 5.41) is 0. The number of benzene rings is 2. The van der Waals surface area contributed by atoms with Crippen LogP contribution in [0.2, 0.25) is 0 Å². The van der Waals surface area contributed by atoms with E-state index >= 15 is 0 Å². The molecule has 0 radical (unpaired) electrons. The van der Waals surface area contributed by atoms with Crippen molar-refractivity contribution in [2.75, 3.05) is 20.2 Å². The molecule has 178 valence electrons. The Balaban J connectivity index is 1.59. The number of carbonyl (C=O) groups excluding carboxylic acids is 1. The Bertz CT molecular complexity index is 948. The molecule has 0 N–H and O–H groups in total. The summed E-state index contributed by atoms with van der Waals surface area (Å²) in [5.41, 5.74) is 3.74. The molecule has 1 saturated carbocycles. The highest BCUT2D eigenvalue weighted by Gasteiger charge is 2.35. The van der Waals surface area contributed by atoms with Crippen molar-refractivity contribution >= 4 is 5.91 Å². The zero-order valence-corrected chi connectivity index (χ0v) is 20.7. The summed E-state index contributed by atoms with van der Waals surface area (Å²) in [7, 11) is 1.71.